The van der Waals surface area contributed by atoms with E-state index in [0.29, 0.717) is 11.5 Å². The van der Waals surface area contributed by atoms with E-state index in [4.69, 9.17) is 18.9 Å². The second kappa shape index (κ2) is 12.4. The Morgan fingerprint density at radius 1 is 0.844 bits per heavy atom. The Balaban J connectivity index is 1.62. The summed E-state index contributed by atoms with van der Waals surface area (Å²) in [5.41, 5.74) is -0.479. The first-order valence-electron chi connectivity index (χ1n) is 14.1. The summed E-state index contributed by atoms with van der Waals surface area (Å²) in [7, 11) is 3.14. The molecule has 0 bridgehead atoms. The Morgan fingerprint density at radius 3 is 1.98 bits per heavy atom. The SMILES string of the molecule is COc1ccc(C(c2ccccc2)(c2ccc(OC)cc2)C(Oc2cn[nH]n2)[C@H]2O[C@@H](n3ccc(=O)[nH]c3=O)[C@H](O)[C@@H]2O)cc1. The van der Waals surface area contributed by atoms with Gasteiger partial charge in [0.2, 0.25) is 0 Å². The summed E-state index contributed by atoms with van der Waals surface area (Å²) in [6.45, 7) is 0. The number of aliphatic hydroxyl groups is 2. The number of hydrogen-bond donors (Lipinski definition) is 4. The number of H-pyrrole nitrogens is 2. The minimum Gasteiger partial charge on any atom is -0.497 e. The number of nitrogens with zero attached hydrogens (tertiary/aromatic N) is 3. The van der Waals surface area contributed by atoms with Crippen LogP contribution in [0.5, 0.6) is 17.4 Å². The van der Waals surface area contributed by atoms with Crippen molar-refractivity contribution in [3.63, 3.8) is 0 Å². The van der Waals surface area contributed by atoms with Crippen LogP contribution in [0.4, 0.5) is 0 Å². The lowest BCUT2D eigenvalue weighted by Gasteiger charge is -2.44. The number of aromatic amines is 2. The molecule has 0 amide bonds. The Bertz CT molecular complexity index is 1780. The van der Waals surface area contributed by atoms with E-state index in [1.54, 1.807) is 14.2 Å². The molecule has 6 rings (SSSR count). The summed E-state index contributed by atoms with van der Waals surface area (Å²) in [4.78, 5) is 26.7. The molecular formula is C32H31N5O8. The van der Waals surface area contributed by atoms with Gasteiger partial charge in [-0.15, -0.1) is 5.10 Å². The molecule has 3 aromatic carbocycles. The topological polar surface area (TPSA) is 174 Å². The van der Waals surface area contributed by atoms with Crippen LogP contribution in [-0.2, 0) is 10.2 Å². The molecule has 13 heteroatoms. The fourth-order valence-corrected chi connectivity index (χ4v) is 5.97. The minimum absolute atomic E-state index is 0.0947. The van der Waals surface area contributed by atoms with Gasteiger partial charge < -0.3 is 29.2 Å². The van der Waals surface area contributed by atoms with Crippen molar-refractivity contribution in [2.45, 2.75) is 36.1 Å². The molecule has 5 atom stereocenters. The maximum atomic E-state index is 12.8. The number of rotatable bonds is 10. The molecule has 1 saturated heterocycles. The van der Waals surface area contributed by atoms with Crippen molar-refractivity contribution >= 4 is 0 Å². The van der Waals surface area contributed by atoms with Crippen molar-refractivity contribution < 1.29 is 29.2 Å². The first kappa shape index (κ1) is 29.8. The lowest BCUT2D eigenvalue weighted by molar-refractivity contribution is -0.0916. The van der Waals surface area contributed by atoms with E-state index in [2.05, 4.69) is 20.4 Å². The van der Waals surface area contributed by atoms with Crippen molar-refractivity contribution in [3.05, 3.63) is 135 Å². The summed E-state index contributed by atoms with van der Waals surface area (Å²) < 4.78 is 24.9. The molecule has 1 aliphatic rings. The van der Waals surface area contributed by atoms with Crippen molar-refractivity contribution in [1.82, 2.24) is 25.0 Å². The largest absolute Gasteiger partial charge is 0.497 e. The zero-order valence-electron chi connectivity index (χ0n) is 24.3. The number of nitrogens with one attached hydrogen (secondary N) is 2. The molecule has 3 heterocycles. The van der Waals surface area contributed by atoms with Gasteiger partial charge in [0.25, 0.3) is 11.4 Å². The highest BCUT2D eigenvalue weighted by molar-refractivity contribution is 5.54. The monoisotopic (exact) mass is 613 g/mol. The van der Waals surface area contributed by atoms with Crippen LogP contribution in [0.1, 0.15) is 22.9 Å². The highest BCUT2D eigenvalue weighted by Crippen LogP contribution is 2.48. The summed E-state index contributed by atoms with van der Waals surface area (Å²) in [6, 6.07) is 25.4. The molecule has 1 unspecified atom stereocenters. The zero-order valence-corrected chi connectivity index (χ0v) is 24.3. The van der Waals surface area contributed by atoms with Crippen molar-refractivity contribution in [1.29, 1.82) is 0 Å². The number of benzene rings is 3. The van der Waals surface area contributed by atoms with E-state index in [1.165, 1.54) is 12.4 Å². The standard InChI is InChI=1S/C32H31N5O8/c1-42-22-12-8-20(9-13-22)32(19-6-4-3-5-7-19,21-10-14-23(43-2)15-11-21)29(44-25-18-33-36-35-25)28-26(39)27(40)30(45-28)37-17-16-24(38)34-31(37)41/h3-18,26-30,39-40H,1-2H3,(H,33,35,36)(H,34,38,41)/t26-,27+,28-,29?,30+/m0/s1. The predicted octanol–water partition coefficient (Wildman–Crippen LogP) is 1.77. The second-order valence-corrected chi connectivity index (χ2v) is 10.5. The van der Waals surface area contributed by atoms with Crippen molar-refractivity contribution in [2.75, 3.05) is 14.2 Å². The molecular weight excluding hydrogens is 582 g/mol. The Hall–Kier alpha value is -5.24. The Labute approximate surface area is 256 Å². The minimum atomic E-state index is -1.58. The van der Waals surface area contributed by atoms with Crippen LogP contribution in [0.15, 0.2) is 107 Å². The summed E-state index contributed by atoms with van der Waals surface area (Å²) >= 11 is 0. The maximum Gasteiger partial charge on any atom is 0.330 e. The maximum absolute atomic E-state index is 12.8. The quantitative estimate of drug-likeness (QED) is 0.170. The molecule has 0 saturated carbocycles. The van der Waals surface area contributed by atoms with Gasteiger partial charge in [0.1, 0.15) is 42.1 Å². The molecule has 0 radical (unpaired) electrons. The molecule has 4 N–H and O–H groups in total. The normalized spacial score (nSPS) is 20.4. The first-order chi connectivity index (χ1) is 21.9. The average Bonchev–Trinajstić information content (AvgIpc) is 3.69. The third-order valence-electron chi connectivity index (χ3n) is 8.09. The molecule has 232 valence electrons. The van der Waals surface area contributed by atoms with Gasteiger partial charge in [-0.25, -0.2) is 4.79 Å². The van der Waals surface area contributed by atoms with Gasteiger partial charge in [0.05, 0.1) is 19.6 Å². The Morgan fingerprint density at radius 2 is 1.44 bits per heavy atom. The van der Waals surface area contributed by atoms with Crippen LogP contribution in [-0.4, -0.2) is 73.8 Å². The van der Waals surface area contributed by atoms with Gasteiger partial charge in [-0.05, 0) is 41.0 Å². The van der Waals surface area contributed by atoms with E-state index in [0.717, 1.165) is 27.3 Å². The van der Waals surface area contributed by atoms with Gasteiger partial charge >= 0.3 is 5.69 Å². The number of aliphatic hydroxyl groups excluding tert-OH is 2. The lowest BCUT2D eigenvalue weighted by atomic mass is 9.64. The fourth-order valence-electron chi connectivity index (χ4n) is 5.97. The van der Waals surface area contributed by atoms with Crippen LogP contribution in [0.25, 0.3) is 0 Å². The highest BCUT2D eigenvalue weighted by Gasteiger charge is 2.57. The van der Waals surface area contributed by atoms with Crippen LogP contribution in [0.3, 0.4) is 0 Å². The number of hydrogen-bond acceptors (Lipinski definition) is 10. The number of aromatic nitrogens is 5. The smallest absolute Gasteiger partial charge is 0.330 e. The third-order valence-corrected chi connectivity index (χ3v) is 8.09. The van der Waals surface area contributed by atoms with E-state index in [1.807, 2.05) is 78.9 Å². The summed E-state index contributed by atoms with van der Waals surface area (Å²) in [5.74, 6) is 1.33. The second-order valence-electron chi connectivity index (χ2n) is 10.5. The first-order valence-corrected chi connectivity index (χ1v) is 14.1. The number of methoxy groups -OCH3 is 2. The van der Waals surface area contributed by atoms with E-state index in [9.17, 15) is 19.8 Å². The van der Waals surface area contributed by atoms with E-state index in [-0.39, 0.29) is 5.88 Å². The van der Waals surface area contributed by atoms with Gasteiger partial charge in [0, 0.05) is 12.3 Å². The Kier molecular flexibility index (Phi) is 8.22. The van der Waals surface area contributed by atoms with Gasteiger partial charge in [-0.3, -0.25) is 14.3 Å². The van der Waals surface area contributed by atoms with Gasteiger partial charge in [0.15, 0.2) is 6.23 Å². The van der Waals surface area contributed by atoms with Gasteiger partial charge in [-0.2, -0.15) is 10.3 Å². The van der Waals surface area contributed by atoms with Gasteiger partial charge in [-0.1, -0.05) is 54.6 Å². The molecule has 0 aliphatic carbocycles. The molecule has 1 aliphatic heterocycles. The molecule has 1 fully saturated rings. The molecule has 13 nitrogen and oxygen atoms in total. The zero-order chi connectivity index (χ0) is 31.6. The average molecular weight is 614 g/mol. The molecule has 5 aromatic rings. The lowest BCUT2D eigenvalue weighted by Crippen LogP contribution is -2.55. The summed E-state index contributed by atoms with van der Waals surface area (Å²) in [6.07, 6.45) is -4.35. The van der Waals surface area contributed by atoms with Crippen LogP contribution in [0, 0.1) is 0 Å². The van der Waals surface area contributed by atoms with Crippen molar-refractivity contribution in [2.24, 2.45) is 0 Å². The third kappa shape index (κ3) is 5.37. The fraction of sp³-hybridized carbons (Fsp3) is 0.250. The predicted molar refractivity (Wildman–Crippen MR) is 160 cm³/mol. The van der Waals surface area contributed by atoms with Crippen molar-refractivity contribution in [3.8, 4) is 17.4 Å². The molecule has 2 aromatic heterocycles. The van der Waals surface area contributed by atoms with Crippen LogP contribution < -0.4 is 25.5 Å². The number of ether oxygens (including phenoxy) is 4. The van der Waals surface area contributed by atoms with E-state index >= 15 is 0 Å². The van der Waals surface area contributed by atoms with Crippen LogP contribution >= 0.6 is 0 Å². The van der Waals surface area contributed by atoms with E-state index < -0.39 is 47.3 Å². The highest BCUT2D eigenvalue weighted by atomic mass is 16.6. The molecule has 0 spiro atoms. The summed E-state index contributed by atoms with van der Waals surface area (Å²) in [5, 5.41) is 33.6. The van der Waals surface area contributed by atoms with Crippen LogP contribution in [0.2, 0.25) is 0 Å². The molecule has 45 heavy (non-hydrogen) atoms.